The Kier molecular flexibility index (Phi) is 3.82. The van der Waals surface area contributed by atoms with Crippen molar-refractivity contribution in [2.75, 3.05) is 0 Å². The Labute approximate surface area is 120 Å². The van der Waals surface area contributed by atoms with Gasteiger partial charge in [0.05, 0.1) is 0 Å². The third-order valence-corrected chi connectivity index (χ3v) is 3.67. The molecular weight excluding hydrogens is 246 g/mol. The first-order valence-electron chi connectivity index (χ1n) is 7.19. The molecule has 102 valence electrons. The number of carbonyl (C=O) groups excluding carboxylic acids is 1. The molecule has 1 fully saturated rings. The Bertz CT molecular complexity index is 519. The molecular formula is C18H19NO. The second kappa shape index (κ2) is 5.91. The van der Waals surface area contributed by atoms with Gasteiger partial charge in [-0.05, 0) is 24.0 Å². The lowest BCUT2D eigenvalue weighted by Gasteiger charge is -2.23. The summed E-state index contributed by atoms with van der Waals surface area (Å²) in [6.45, 7) is 1.40. The van der Waals surface area contributed by atoms with E-state index in [4.69, 9.17) is 0 Å². The van der Waals surface area contributed by atoms with Crippen molar-refractivity contribution in [3.8, 4) is 0 Å². The molecule has 0 saturated heterocycles. The standard InChI is InChI=1S/C18H19NO/c20-18(17-11-12-17)19(13-15-7-3-1-4-8-15)14-16-9-5-2-6-10-16/h1-10,17H,11-14H2. The first-order chi connectivity index (χ1) is 9.83. The van der Waals surface area contributed by atoms with E-state index in [1.165, 1.54) is 11.1 Å². The molecule has 1 aliphatic rings. The van der Waals surface area contributed by atoms with Gasteiger partial charge in [0.25, 0.3) is 0 Å². The fraction of sp³-hybridized carbons (Fsp3) is 0.278. The molecule has 1 saturated carbocycles. The normalized spacial score (nSPS) is 14.0. The summed E-state index contributed by atoms with van der Waals surface area (Å²) in [5.74, 6) is 0.570. The lowest BCUT2D eigenvalue weighted by molar-refractivity contribution is -0.133. The van der Waals surface area contributed by atoms with Crippen LogP contribution in [0.1, 0.15) is 24.0 Å². The van der Waals surface area contributed by atoms with Gasteiger partial charge in [-0.3, -0.25) is 4.79 Å². The van der Waals surface area contributed by atoms with E-state index in [1.54, 1.807) is 0 Å². The quantitative estimate of drug-likeness (QED) is 0.808. The summed E-state index contributed by atoms with van der Waals surface area (Å²) in [6.07, 6.45) is 2.11. The number of amides is 1. The van der Waals surface area contributed by atoms with E-state index in [1.807, 2.05) is 41.3 Å². The third kappa shape index (κ3) is 3.27. The molecule has 20 heavy (non-hydrogen) atoms. The molecule has 0 bridgehead atoms. The second-order valence-corrected chi connectivity index (χ2v) is 5.44. The minimum atomic E-state index is 0.266. The molecule has 2 heteroatoms. The van der Waals surface area contributed by atoms with Crippen molar-refractivity contribution < 1.29 is 4.79 Å². The predicted octanol–water partition coefficient (Wildman–Crippen LogP) is 3.63. The number of hydrogen-bond acceptors (Lipinski definition) is 1. The van der Waals surface area contributed by atoms with Gasteiger partial charge in [0.15, 0.2) is 0 Å². The van der Waals surface area contributed by atoms with E-state index in [0.29, 0.717) is 19.0 Å². The fourth-order valence-electron chi connectivity index (χ4n) is 2.41. The van der Waals surface area contributed by atoms with Crippen molar-refractivity contribution in [1.29, 1.82) is 0 Å². The molecule has 0 radical (unpaired) electrons. The number of rotatable bonds is 5. The van der Waals surface area contributed by atoms with Crippen LogP contribution in [-0.4, -0.2) is 10.8 Å². The zero-order valence-corrected chi connectivity index (χ0v) is 11.5. The van der Waals surface area contributed by atoms with Gasteiger partial charge >= 0.3 is 0 Å². The van der Waals surface area contributed by atoms with Gasteiger partial charge in [0.2, 0.25) is 5.91 Å². The molecule has 1 aliphatic carbocycles. The van der Waals surface area contributed by atoms with E-state index in [-0.39, 0.29) is 5.92 Å². The zero-order valence-electron chi connectivity index (χ0n) is 11.5. The maximum Gasteiger partial charge on any atom is 0.226 e. The van der Waals surface area contributed by atoms with Gasteiger partial charge < -0.3 is 4.90 Å². The summed E-state index contributed by atoms with van der Waals surface area (Å²) >= 11 is 0. The summed E-state index contributed by atoms with van der Waals surface area (Å²) in [5.41, 5.74) is 2.38. The second-order valence-electron chi connectivity index (χ2n) is 5.44. The Morgan fingerprint density at radius 2 is 1.30 bits per heavy atom. The molecule has 0 aromatic heterocycles. The highest BCUT2D eigenvalue weighted by atomic mass is 16.2. The number of hydrogen-bond donors (Lipinski definition) is 0. The summed E-state index contributed by atoms with van der Waals surface area (Å²) in [6, 6.07) is 20.4. The highest BCUT2D eigenvalue weighted by Gasteiger charge is 2.33. The molecule has 0 N–H and O–H groups in total. The maximum absolute atomic E-state index is 12.4. The smallest absolute Gasteiger partial charge is 0.226 e. The van der Waals surface area contributed by atoms with E-state index in [9.17, 15) is 4.79 Å². The molecule has 0 unspecified atom stereocenters. The fourth-order valence-corrected chi connectivity index (χ4v) is 2.41. The summed E-state index contributed by atoms with van der Waals surface area (Å²) in [7, 11) is 0. The Balaban J connectivity index is 1.75. The SMILES string of the molecule is O=C(C1CC1)N(Cc1ccccc1)Cc1ccccc1. The average molecular weight is 265 g/mol. The minimum absolute atomic E-state index is 0.266. The predicted molar refractivity (Wildman–Crippen MR) is 79.9 cm³/mol. The van der Waals surface area contributed by atoms with Crippen LogP contribution in [0.5, 0.6) is 0 Å². The molecule has 0 aliphatic heterocycles. The van der Waals surface area contributed by atoms with Crippen molar-refractivity contribution in [2.24, 2.45) is 5.92 Å². The van der Waals surface area contributed by atoms with Crippen LogP contribution in [0.2, 0.25) is 0 Å². The zero-order chi connectivity index (χ0) is 13.8. The van der Waals surface area contributed by atoms with Gasteiger partial charge in [-0.1, -0.05) is 60.7 Å². The highest BCUT2D eigenvalue weighted by molar-refractivity contribution is 5.81. The Hall–Kier alpha value is -2.09. The summed E-state index contributed by atoms with van der Waals surface area (Å²) < 4.78 is 0. The number of carbonyl (C=O) groups is 1. The van der Waals surface area contributed by atoms with Crippen molar-refractivity contribution in [2.45, 2.75) is 25.9 Å². The average Bonchev–Trinajstić information content (AvgIpc) is 3.33. The summed E-state index contributed by atoms with van der Waals surface area (Å²) in [4.78, 5) is 14.4. The van der Waals surface area contributed by atoms with Gasteiger partial charge in [0.1, 0.15) is 0 Å². The van der Waals surface area contributed by atoms with Gasteiger partial charge in [-0.25, -0.2) is 0 Å². The molecule has 2 nitrogen and oxygen atoms in total. The topological polar surface area (TPSA) is 20.3 Å². The monoisotopic (exact) mass is 265 g/mol. The Morgan fingerprint density at radius 3 is 1.70 bits per heavy atom. The van der Waals surface area contributed by atoms with Gasteiger partial charge in [-0.15, -0.1) is 0 Å². The van der Waals surface area contributed by atoms with E-state index < -0.39 is 0 Å². The van der Waals surface area contributed by atoms with Crippen LogP contribution in [-0.2, 0) is 17.9 Å². The molecule has 0 heterocycles. The molecule has 0 atom stereocenters. The molecule has 0 spiro atoms. The van der Waals surface area contributed by atoms with Crippen LogP contribution in [0.25, 0.3) is 0 Å². The largest absolute Gasteiger partial charge is 0.334 e. The van der Waals surface area contributed by atoms with Crippen LogP contribution in [0, 0.1) is 5.92 Å². The maximum atomic E-state index is 12.4. The number of benzene rings is 2. The lowest BCUT2D eigenvalue weighted by atomic mass is 10.1. The molecule has 2 aromatic rings. The third-order valence-electron chi connectivity index (χ3n) is 3.67. The van der Waals surface area contributed by atoms with Crippen molar-refractivity contribution in [3.05, 3.63) is 71.8 Å². The van der Waals surface area contributed by atoms with Crippen LogP contribution in [0.4, 0.5) is 0 Å². The molecule has 1 amide bonds. The van der Waals surface area contributed by atoms with Crippen molar-refractivity contribution in [3.63, 3.8) is 0 Å². The molecule has 2 aromatic carbocycles. The first-order valence-corrected chi connectivity index (χ1v) is 7.19. The summed E-state index contributed by atoms with van der Waals surface area (Å²) in [5, 5.41) is 0. The Morgan fingerprint density at radius 1 is 0.850 bits per heavy atom. The number of nitrogens with zero attached hydrogens (tertiary/aromatic N) is 1. The van der Waals surface area contributed by atoms with Crippen LogP contribution in [0.3, 0.4) is 0 Å². The van der Waals surface area contributed by atoms with Gasteiger partial charge in [-0.2, -0.15) is 0 Å². The van der Waals surface area contributed by atoms with Gasteiger partial charge in [0, 0.05) is 19.0 Å². The first kappa shape index (κ1) is 12.9. The van der Waals surface area contributed by atoms with Crippen molar-refractivity contribution in [1.82, 2.24) is 4.90 Å². The van der Waals surface area contributed by atoms with E-state index in [0.717, 1.165) is 12.8 Å². The van der Waals surface area contributed by atoms with Crippen LogP contribution >= 0.6 is 0 Å². The molecule has 3 rings (SSSR count). The van der Waals surface area contributed by atoms with Crippen LogP contribution < -0.4 is 0 Å². The lowest BCUT2D eigenvalue weighted by Crippen LogP contribution is -2.31. The minimum Gasteiger partial charge on any atom is -0.334 e. The van der Waals surface area contributed by atoms with Crippen molar-refractivity contribution >= 4 is 5.91 Å². The highest BCUT2D eigenvalue weighted by Crippen LogP contribution is 2.32. The van der Waals surface area contributed by atoms with Crippen LogP contribution in [0.15, 0.2) is 60.7 Å². The van der Waals surface area contributed by atoms with E-state index in [2.05, 4.69) is 24.3 Å². The van der Waals surface area contributed by atoms with E-state index >= 15 is 0 Å².